The number of hydrogen-bond donors (Lipinski definition) is 1. The summed E-state index contributed by atoms with van der Waals surface area (Å²) in [6.07, 6.45) is 0. The van der Waals surface area contributed by atoms with E-state index in [2.05, 4.69) is 87.9 Å². The molecule has 44 heavy (non-hydrogen) atoms. The number of nitrogens with one attached hydrogen (secondary N) is 1. The van der Waals surface area contributed by atoms with Crippen LogP contribution in [0.3, 0.4) is 0 Å². The number of benzene rings is 3. The Bertz CT molecular complexity index is 1620. The quantitative estimate of drug-likeness (QED) is 0.176. The van der Waals surface area contributed by atoms with Gasteiger partial charge < -0.3 is 8.98 Å². The van der Waals surface area contributed by atoms with Crippen LogP contribution in [0.25, 0.3) is 10.9 Å². The van der Waals surface area contributed by atoms with Crippen LogP contribution in [0.15, 0.2) is 77.6 Å². The molecule has 0 aliphatic carbocycles. The summed E-state index contributed by atoms with van der Waals surface area (Å²) in [7, 11) is -1.01. The van der Waals surface area contributed by atoms with Gasteiger partial charge in [0.05, 0.1) is 16.9 Å². The molecule has 4 aromatic rings. The standard InChI is InChI=1S/C36H49N3O3SSi/c1-25-22-29(26(2)38-43(41)34(3,4)5)31-30(23-25)32(40)39(11)33(37-31)36(9,10)24-42-44(35(6,7)8,27-18-14-12-15-19-27)28-20-16-13-17-21-28/h12-23,26,38H,24H2,1-11H3. The summed E-state index contributed by atoms with van der Waals surface area (Å²) in [6, 6.07) is 24.8. The molecule has 0 bridgehead atoms. The SMILES string of the molecule is Cc1cc(C(C)N[S+]([O-])C(C)(C)C)c2nc(C(C)(C)CO[Si](c3ccccc3)(c3ccccc3)C(C)(C)C)n(C)c(=O)c2c1. The molecule has 8 heteroatoms. The molecule has 1 aromatic heterocycles. The van der Waals surface area contributed by atoms with Crippen molar-refractivity contribution in [1.82, 2.24) is 14.3 Å². The van der Waals surface area contributed by atoms with E-state index in [9.17, 15) is 9.35 Å². The number of rotatable bonds is 9. The van der Waals surface area contributed by atoms with Crippen molar-refractivity contribution in [3.63, 3.8) is 0 Å². The molecule has 0 saturated carbocycles. The number of hydrogen-bond acceptors (Lipinski definition) is 5. The van der Waals surface area contributed by atoms with Crippen LogP contribution in [0.2, 0.25) is 5.04 Å². The van der Waals surface area contributed by atoms with Crippen LogP contribution >= 0.6 is 0 Å². The lowest BCUT2D eigenvalue weighted by molar-refractivity contribution is 0.216. The van der Waals surface area contributed by atoms with Gasteiger partial charge in [0.15, 0.2) is 0 Å². The van der Waals surface area contributed by atoms with E-state index >= 15 is 0 Å². The van der Waals surface area contributed by atoms with Crippen molar-refractivity contribution < 1.29 is 8.98 Å². The van der Waals surface area contributed by atoms with Crippen molar-refractivity contribution >= 4 is 41.0 Å². The van der Waals surface area contributed by atoms with Crippen LogP contribution < -0.4 is 20.7 Å². The minimum absolute atomic E-state index is 0.0994. The van der Waals surface area contributed by atoms with E-state index in [0.29, 0.717) is 23.3 Å². The molecule has 1 heterocycles. The minimum atomic E-state index is -2.81. The van der Waals surface area contributed by atoms with E-state index in [1.54, 1.807) is 11.6 Å². The third-order valence-electron chi connectivity index (χ3n) is 8.33. The second-order valence-electron chi connectivity index (χ2n) is 14.6. The van der Waals surface area contributed by atoms with E-state index in [1.807, 2.05) is 58.9 Å². The molecule has 6 nitrogen and oxygen atoms in total. The van der Waals surface area contributed by atoms with Gasteiger partial charge in [-0.05, 0) is 61.7 Å². The molecule has 3 aromatic carbocycles. The summed E-state index contributed by atoms with van der Waals surface area (Å²) < 4.78 is 24.8. The highest BCUT2D eigenvalue weighted by atomic mass is 32.2. The molecule has 2 atom stereocenters. The van der Waals surface area contributed by atoms with Gasteiger partial charge >= 0.3 is 0 Å². The highest BCUT2D eigenvalue weighted by molar-refractivity contribution is 7.90. The van der Waals surface area contributed by atoms with Crippen LogP contribution in [0, 0.1) is 6.92 Å². The van der Waals surface area contributed by atoms with Crippen molar-refractivity contribution in [2.24, 2.45) is 7.05 Å². The van der Waals surface area contributed by atoms with Gasteiger partial charge in [0, 0.05) is 36.0 Å². The maximum atomic E-state index is 13.9. The summed E-state index contributed by atoms with van der Waals surface area (Å²) in [5.74, 6) is 0.655. The number of aryl methyl sites for hydroxylation is 1. The first-order valence-corrected chi connectivity index (χ1v) is 18.4. The maximum absolute atomic E-state index is 13.9. The zero-order valence-electron chi connectivity index (χ0n) is 28.2. The predicted octanol–water partition coefficient (Wildman–Crippen LogP) is 6.21. The number of aromatic nitrogens is 2. The predicted molar refractivity (Wildman–Crippen MR) is 188 cm³/mol. The first kappa shape index (κ1) is 34.1. The molecular weight excluding hydrogens is 583 g/mol. The zero-order valence-corrected chi connectivity index (χ0v) is 30.1. The fourth-order valence-electron chi connectivity index (χ4n) is 6.00. The molecule has 0 saturated heterocycles. The molecule has 0 radical (unpaired) electrons. The summed E-state index contributed by atoms with van der Waals surface area (Å²) in [6.45, 7) is 21.1. The number of fused-ring (bicyclic) bond motifs is 1. The Labute approximate surface area is 267 Å². The Morgan fingerprint density at radius 2 is 1.45 bits per heavy atom. The van der Waals surface area contributed by atoms with Crippen molar-refractivity contribution in [1.29, 1.82) is 0 Å². The van der Waals surface area contributed by atoms with Crippen LogP contribution in [-0.4, -0.2) is 33.8 Å². The Morgan fingerprint density at radius 3 is 1.93 bits per heavy atom. The second kappa shape index (κ2) is 12.6. The van der Waals surface area contributed by atoms with Crippen molar-refractivity contribution in [2.75, 3.05) is 6.61 Å². The van der Waals surface area contributed by atoms with Crippen LogP contribution in [-0.2, 0) is 28.3 Å². The van der Waals surface area contributed by atoms with Crippen LogP contribution in [0.5, 0.6) is 0 Å². The summed E-state index contributed by atoms with van der Waals surface area (Å²) in [5.41, 5.74) is 1.75. The number of nitrogens with zero attached hydrogens (tertiary/aromatic N) is 2. The molecule has 1 N–H and O–H groups in total. The van der Waals surface area contributed by atoms with Gasteiger partial charge in [-0.25, -0.2) is 4.98 Å². The maximum Gasteiger partial charge on any atom is 0.261 e. The fraction of sp³-hybridized carbons (Fsp3) is 0.444. The van der Waals surface area contributed by atoms with Gasteiger partial charge in [-0.1, -0.05) is 101 Å². The average molecular weight is 632 g/mol. The molecule has 2 unspecified atom stereocenters. The fourth-order valence-corrected chi connectivity index (χ4v) is 11.5. The van der Waals surface area contributed by atoms with Gasteiger partial charge in [0.25, 0.3) is 13.9 Å². The summed E-state index contributed by atoms with van der Waals surface area (Å²) in [5, 5.41) is 2.80. The molecule has 0 aliphatic rings. The molecule has 236 valence electrons. The van der Waals surface area contributed by atoms with E-state index < -0.39 is 29.8 Å². The molecular formula is C36H49N3O3SSi. The van der Waals surface area contributed by atoms with Gasteiger partial charge in [0.1, 0.15) is 10.6 Å². The van der Waals surface area contributed by atoms with E-state index in [-0.39, 0.29) is 16.6 Å². The smallest absolute Gasteiger partial charge is 0.261 e. The van der Waals surface area contributed by atoms with Crippen molar-refractivity contribution in [3.05, 3.63) is 100 Å². The minimum Gasteiger partial charge on any atom is -0.598 e. The van der Waals surface area contributed by atoms with Gasteiger partial charge in [-0.3, -0.25) is 9.36 Å². The van der Waals surface area contributed by atoms with E-state index in [4.69, 9.17) is 9.41 Å². The highest BCUT2D eigenvalue weighted by Gasteiger charge is 2.51. The Hall–Kier alpha value is -2.75. The molecule has 0 aliphatic heterocycles. The molecule has 4 rings (SSSR count). The van der Waals surface area contributed by atoms with Crippen molar-refractivity contribution in [2.45, 2.75) is 90.5 Å². The largest absolute Gasteiger partial charge is 0.598 e. The Balaban J connectivity index is 1.84. The topological polar surface area (TPSA) is 79.2 Å². The lowest BCUT2D eigenvalue weighted by atomic mass is 9.92. The molecule has 0 fully saturated rings. The third kappa shape index (κ3) is 6.60. The van der Waals surface area contributed by atoms with E-state index in [1.165, 1.54) is 10.4 Å². The van der Waals surface area contributed by atoms with E-state index in [0.717, 1.165) is 11.1 Å². The summed E-state index contributed by atoms with van der Waals surface area (Å²) in [4.78, 5) is 19.1. The Morgan fingerprint density at radius 1 is 0.932 bits per heavy atom. The normalized spacial score (nSPS) is 14.5. The summed E-state index contributed by atoms with van der Waals surface area (Å²) >= 11 is -1.28. The third-order valence-corrected chi connectivity index (χ3v) is 15.0. The Kier molecular flexibility index (Phi) is 9.74. The van der Waals surface area contributed by atoms with Gasteiger partial charge in [-0.15, -0.1) is 4.72 Å². The zero-order chi connectivity index (χ0) is 32.7. The lowest BCUT2D eigenvalue weighted by Crippen LogP contribution is -2.67. The van der Waals surface area contributed by atoms with Crippen molar-refractivity contribution in [3.8, 4) is 0 Å². The highest BCUT2D eigenvalue weighted by Crippen LogP contribution is 2.38. The second-order valence-corrected chi connectivity index (χ2v) is 20.9. The lowest BCUT2D eigenvalue weighted by Gasteiger charge is -2.44. The molecule has 0 spiro atoms. The van der Waals surface area contributed by atoms with Crippen LogP contribution in [0.1, 0.15) is 85.3 Å². The van der Waals surface area contributed by atoms with Gasteiger partial charge in [0.2, 0.25) is 0 Å². The monoisotopic (exact) mass is 631 g/mol. The van der Waals surface area contributed by atoms with Crippen LogP contribution in [0.4, 0.5) is 0 Å². The van der Waals surface area contributed by atoms with Gasteiger partial charge in [-0.2, -0.15) is 0 Å². The first-order chi connectivity index (χ1) is 20.4. The molecule has 0 amide bonds. The average Bonchev–Trinajstić information content (AvgIpc) is 2.95. The first-order valence-electron chi connectivity index (χ1n) is 15.3.